The third-order valence-electron chi connectivity index (χ3n) is 3.95. The van der Waals surface area contributed by atoms with E-state index in [0.29, 0.717) is 37.8 Å². The van der Waals surface area contributed by atoms with Gasteiger partial charge in [0.05, 0.1) is 0 Å². The fourth-order valence-corrected chi connectivity index (χ4v) is 3.81. The van der Waals surface area contributed by atoms with Crippen molar-refractivity contribution >= 4 is 10.2 Å². The Balaban J connectivity index is 2.05. The molecule has 1 aromatic rings. The summed E-state index contributed by atoms with van der Waals surface area (Å²) in [6.45, 7) is 6.43. The summed E-state index contributed by atoms with van der Waals surface area (Å²) in [6.07, 6.45) is 3.66. The lowest BCUT2D eigenvalue weighted by molar-refractivity contribution is 0.170. The van der Waals surface area contributed by atoms with Crippen LogP contribution in [0.25, 0.3) is 0 Å². The van der Waals surface area contributed by atoms with Gasteiger partial charge in [0, 0.05) is 25.2 Å². The van der Waals surface area contributed by atoms with E-state index in [0.717, 1.165) is 31.2 Å². The van der Waals surface area contributed by atoms with Gasteiger partial charge in [-0.3, -0.25) is 0 Å². The maximum atomic E-state index is 12.6. The second-order valence-corrected chi connectivity index (χ2v) is 7.63. The zero-order valence-corrected chi connectivity index (χ0v) is 15.4. The molecule has 0 aliphatic carbocycles. The van der Waals surface area contributed by atoms with Gasteiger partial charge in [0.1, 0.15) is 13.2 Å². The van der Waals surface area contributed by atoms with Crippen molar-refractivity contribution in [1.82, 2.24) is 9.03 Å². The highest BCUT2D eigenvalue weighted by Gasteiger charge is 2.22. The lowest BCUT2D eigenvalue weighted by atomic mass is 10.2. The molecule has 0 bridgehead atoms. The number of nitrogens with zero attached hydrogens (tertiary/aromatic N) is 1. The van der Waals surface area contributed by atoms with Crippen molar-refractivity contribution in [3.05, 3.63) is 23.8 Å². The maximum Gasteiger partial charge on any atom is 0.279 e. The third-order valence-corrected chi connectivity index (χ3v) is 5.51. The molecule has 24 heavy (non-hydrogen) atoms. The maximum absolute atomic E-state index is 12.6. The zero-order chi connectivity index (χ0) is 17.4. The van der Waals surface area contributed by atoms with Gasteiger partial charge in [0.2, 0.25) is 0 Å². The second kappa shape index (κ2) is 9.25. The first kappa shape index (κ1) is 19.0. The minimum atomic E-state index is -3.50. The molecule has 2 rings (SSSR count). The van der Waals surface area contributed by atoms with Crippen molar-refractivity contribution in [2.45, 2.75) is 46.1 Å². The summed E-state index contributed by atoms with van der Waals surface area (Å²) in [5.74, 6) is 1.31. The molecule has 136 valence electrons. The number of benzene rings is 1. The normalized spacial score (nSPS) is 14.1. The van der Waals surface area contributed by atoms with Crippen LogP contribution in [-0.2, 0) is 16.8 Å². The first-order chi connectivity index (χ1) is 11.6. The monoisotopic (exact) mass is 356 g/mol. The van der Waals surface area contributed by atoms with Crippen LogP contribution < -0.4 is 14.2 Å². The van der Waals surface area contributed by atoms with E-state index in [-0.39, 0.29) is 6.54 Å². The molecule has 1 heterocycles. The minimum Gasteiger partial charge on any atom is -0.486 e. The second-order valence-electron chi connectivity index (χ2n) is 5.87. The number of fused-ring (bicyclic) bond motifs is 1. The van der Waals surface area contributed by atoms with Crippen LogP contribution in [0.3, 0.4) is 0 Å². The summed E-state index contributed by atoms with van der Waals surface area (Å²) in [5.41, 5.74) is 0.793. The van der Waals surface area contributed by atoms with Gasteiger partial charge < -0.3 is 9.47 Å². The number of unbranched alkanes of at least 4 members (excludes halogenated alkanes) is 2. The summed E-state index contributed by atoms with van der Waals surface area (Å²) in [5, 5.41) is 0. The van der Waals surface area contributed by atoms with Crippen LogP contribution in [0.4, 0.5) is 0 Å². The fraction of sp³-hybridized carbons (Fsp3) is 0.647. The number of para-hydroxylation sites is 1. The summed E-state index contributed by atoms with van der Waals surface area (Å²) in [7, 11) is -3.50. The largest absolute Gasteiger partial charge is 0.486 e. The minimum absolute atomic E-state index is 0.198. The highest BCUT2D eigenvalue weighted by molar-refractivity contribution is 7.87. The van der Waals surface area contributed by atoms with Crippen molar-refractivity contribution < 1.29 is 17.9 Å². The molecule has 0 saturated heterocycles. The van der Waals surface area contributed by atoms with E-state index in [9.17, 15) is 8.42 Å². The van der Waals surface area contributed by atoms with E-state index in [1.807, 2.05) is 18.2 Å². The molecule has 0 radical (unpaired) electrons. The molecule has 6 nitrogen and oxygen atoms in total. The lowest BCUT2D eigenvalue weighted by Gasteiger charge is -2.24. The standard InChI is InChI=1S/C17H28N2O4S/c1-3-5-10-19(11-6-4-2)24(20,21)18-14-15-8-7-9-16-17(15)23-13-12-22-16/h7-9,18H,3-6,10-14H2,1-2H3. The molecule has 0 fully saturated rings. The van der Waals surface area contributed by atoms with E-state index < -0.39 is 10.2 Å². The van der Waals surface area contributed by atoms with E-state index in [2.05, 4.69) is 18.6 Å². The van der Waals surface area contributed by atoms with Crippen molar-refractivity contribution in [3.63, 3.8) is 0 Å². The molecular weight excluding hydrogens is 328 g/mol. The van der Waals surface area contributed by atoms with Gasteiger partial charge in [-0.15, -0.1) is 0 Å². The van der Waals surface area contributed by atoms with Crippen LogP contribution in [0.5, 0.6) is 11.5 Å². The Morgan fingerprint density at radius 3 is 2.42 bits per heavy atom. The molecule has 1 aromatic carbocycles. The molecule has 7 heteroatoms. The highest BCUT2D eigenvalue weighted by Crippen LogP contribution is 2.33. The Kier molecular flexibility index (Phi) is 7.33. The average Bonchev–Trinajstić information content (AvgIpc) is 2.60. The van der Waals surface area contributed by atoms with Gasteiger partial charge >= 0.3 is 0 Å². The van der Waals surface area contributed by atoms with Crippen molar-refractivity contribution in [3.8, 4) is 11.5 Å². The van der Waals surface area contributed by atoms with Gasteiger partial charge in [-0.2, -0.15) is 17.4 Å². The quantitative estimate of drug-likeness (QED) is 0.700. The van der Waals surface area contributed by atoms with E-state index in [4.69, 9.17) is 9.47 Å². The molecule has 0 amide bonds. The SMILES string of the molecule is CCCCN(CCCC)S(=O)(=O)NCc1cccc2c1OCCO2. The zero-order valence-electron chi connectivity index (χ0n) is 14.6. The molecule has 1 N–H and O–H groups in total. The van der Waals surface area contributed by atoms with Crippen molar-refractivity contribution in [1.29, 1.82) is 0 Å². The predicted molar refractivity (Wildman–Crippen MR) is 94.6 cm³/mol. The first-order valence-electron chi connectivity index (χ1n) is 8.70. The van der Waals surface area contributed by atoms with Gasteiger partial charge in [0.25, 0.3) is 10.2 Å². The van der Waals surface area contributed by atoms with E-state index in [1.54, 1.807) is 4.31 Å². The molecular formula is C17H28N2O4S. The Hall–Kier alpha value is -1.31. The molecule has 0 aromatic heterocycles. The Morgan fingerprint density at radius 2 is 1.75 bits per heavy atom. The number of rotatable bonds is 10. The first-order valence-corrected chi connectivity index (χ1v) is 10.1. The molecule has 0 spiro atoms. The van der Waals surface area contributed by atoms with Gasteiger partial charge in [-0.1, -0.05) is 38.8 Å². The Bertz CT molecular complexity index is 611. The van der Waals surface area contributed by atoms with Gasteiger partial charge in [-0.05, 0) is 18.9 Å². The third kappa shape index (κ3) is 5.09. The number of hydrogen-bond acceptors (Lipinski definition) is 4. The van der Waals surface area contributed by atoms with Crippen LogP contribution in [0, 0.1) is 0 Å². The highest BCUT2D eigenvalue weighted by atomic mass is 32.2. The van der Waals surface area contributed by atoms with Crippen LogP contribution in [0.15, 0.2) is 18.2 Å². The Labute approximate surface area is 145 Å². The average molecular weight is 356 g/mol. The van der Waals surface area contributed by atoms with Crippen molar-refractivity contribution in [2.24, 2.45) is 0 Å². The summed E-state index contributed by atoms with van der Waals surface area (Å²) in [6, 6.07) is 5.54. The van der Waals surface area contributed by atoms with Crippen LogP contribution in [0.2, 0.25) is 0 Å². The summed E-state index contributed by atoms with van der Waals surface area (Å²) >= 11 is 0. The number of nitrogens with one attached hydrogen (secondary N) is 1. The predicted octanol–water partition coefficient (Wildman–Crippen LogP) is 2.69. The lowest BCUT2D eigenvalue weighted by Crippen LogP contribution is -2.41. The van der Waals surface area contributed by atoms with Crippen LogP contribution in [0.1, 0.15) is 45.1 Å². The fourth-order valence-electron chi connectivity index (χ4n) is 2.55. The van der Waals surface area contributed by atoms with E-state index in [1.165, 1.54) is 0 Å². The molecule has 0 saturated carbocycles. The van der Waals surface area contributed by atoms with Gasteiger partial charge in [-0.25, -0.2) is 0 Å². The van der Waals surface area contributed by atoms with Crippen LogP contribution >= 0.6 is 0 Å². The number of hydrogen-bond donors (Lipinski definition) is 1. The Morgan fingerprint density at radius 1 is 1.08 bits per heavy atom. The smallest absolute Gasteiger partial charge is 0.279 e. The van der Waals surface area contributed by atoms with E-state index >= 15 is 0 Å². The molecule has 0 atom stereocenters. The molecule has 0 unspecified atom stereocenters. The number of ether oxygens (including phenoxy) is 2. The van der Waals surface area contributed by atoms with Gasteiger partial charge in [0.15, 0.2) is 11.5 Å². The molecule has 1 aliphatic rings. The summed E-state index contributed by atoms with van der Waals surface area (Å²) in [4.78, 5) is 0. The van der Waals surface area contributed by atoms with Crippen molar-refractivity contribution in [2.75, 3.05) is 26.3 Å². The molecule has 1 aliphatic heterocycles. The van der Waals surface area contributed by atoms with Crippen LogP contribution in [-0.4, -0.2) is 39.0 Å². The topological polar surface area (TPSA) is 67.9 Å². The summed E-state index contributed by atoms with van der Waals surface area (Å²) < 4.78 is 40.7.